The summed E-state index contributed by atoms with van der Waals surface area (Å²) in [6.45, 7) is 3.15. The highest BCUT2D eigenvalue weighted by Gasteiger charge is 2.53. The minimum atomic E-state index is 0.0808. The maximum Gasteiger partial charge on any atom is 0.315 e. The van der Waals surface area contributed by atoms with Crippen LogP contribution in [0.3, 0.4) is 0 Å². The molecule has 3 fully saturated rings. The molecular formula is C16H28N2O. The van der Waals surface area contributed by atoms with Gasteiger partial charge in [0.2, 0.25) is 0 Å². The SMILES string of the molecule is CCC1CCCCC1NC(=O)NCC1(C2CC2)CC1. The molecule has 3 nitrogen and oxygen atoms in total. The molecule has 19 heavy (non-hydrogen) atoms. The monoisotopic (exact) mass is 264 g/mol. The van der Waals surface area contributed by atoms with Crippen molar-refractivity contribution < 1.29 is 4.79 Å². The van der Waals surface area contributed by atoms with Gasteiger partial charge in [-0.2, -0.15) is 0 Å². The Morgan fingerprint density at radius 1 is 1.16 bits per heavy atom. The number of hydrogen-bond donors (Lipinski definition) is 2. The second-order valence-corrected chi connectivity index (χ2v) is 7.02. The van der Waals surface area contributed by atoms with Crippen molar-refractivity contribution in [2.75, 3.05) is 6.54 Å². The van der Waals surface area contributed by atoms with Crippen molar-refractivity contribution in [1.82, 2.24) is 10.6 Å². The van der Waals surface area contributed by atoms with Crippen LogP contribution in [0.5, 0.6) is 0 Å². The molecule has 0 aromatic carbocycles. The third-order valence-corrected chi connectivity index (χ3v) is 5.69. The zero-order chi connectivity index (χ0) is 13.3. The van der Waals surface area contributed by atoms with Gasteiger partial charge in [-0.1, -0.05) is 26.2 Å². The average molecular weight is 264 g/mol. The van der Waals surface area contributed by atoms with Gasteiger partial charge in [-0.25, -0.2) is 4.79 Å². The van der Waals surface area contributed by atoms with Crippen molar-refractivity contribution in [2.24, 2.45) is 17.3 Å². The van der Waals surface area contributed by atoms with Gasteiger partial charge in [-0.3, -0.25) is 0 Å². The lowest BCUT2D eigenvalue weighted by Gasteiger charge is -2.31. The second kappa shape index (κ2) is 5.34. The average Bonchev–Trinajstić information content (AvgIpc) is 3.29. The van der Waals surface area contributed by atoms with E-state index >= 15 is 0 Å². The van der Waals surface area contributed by atoms with Crippen LogP contribution in [-0.2, 0) is 0 Å². The molecule has 3 rings (SSSR count). The second-order valence-electron chi connectivity index (χ2n) is 7.02. The quantitative estimate of drug-likeness (QED) is 0.784. The minimum Gasteiger partial charge on any atom is -0.338 e. The molecule has 3 aliphatic carbocycles. The summed E-state index contributed by atoms with van der Waals surface area (Å²) in [6, 6.07) is 0.493. The number of hydrogen-bond acceptors (Lipinski definition) is 1. The Morgan fingerprint density at radius 2 is 1.89 bits per heavy atom. The lowest BCUT2D eigenvalue weighted by Crippen LogP contribution is -2.48. The predicted octanol–water partition coefficient (Wildman–Crippen LogP) is 3.44. The van der Waals surface area contributed by atoms with Crippen molar-refractivity contribution in [1.29, 1.82) is 0 Å². The molecule has 108 valence electrons. The lowest BCUT2D eigenvalue weighted by atomic mass is 9.83. The first-order chi connectivity index (χ1) is 9.23. The van der Waals surface area contributed by atoms with E-state index in [0.717, 1.165) is 12.5 Å². The highest BCUT2D eigenvalue weighted by atomic mass is 16.2. The van der Waals surface area contributed by atoms with Crippen molar-refractivity contribution in [3.8, 4) is 0 Å². The molecule has 0 saturated heterocycles. The van der Waals surface area contributed by atoms with Crippen LogP contribution < -0.4 is 10.6 Å². The Hall–Kier alpha value is -0.730. The molecule has 3 aliphatic rings. The van der Waals surface area contributed by atoms with Crippen molar-refractivity contribution in [3.63, 3.8) is 0 Å². The standard InChI is InChI=1S/C16H28N2O/c1-2-12-5-3-4-6-14(12)18-15(19)17-11-16(9-10-16)13-7-8-13/h12-14H,2-11H2,1H3,(H2,17,18,19). The van der Waals surface area contributed by atoms with Gasteiger partial charge in [0.05, 0.1) is 0 Å². The van der Waals surface area contributed by atoms with Gasteiger partial charge >= 0.3 is 6.03 Å². The van der Waals surface area contributed by atoms with E-state index in [1.165, 1.54) is 57.8 Å². The molecule has 2 unspecified atom stereocenters. The molecular weight excluding hydrogens is 236 g/mol. The van der Waals surface area contributed by atoms with Gasteiger partial charge in [0, 0.05) is 12.6 Å². The summed E-state index contributed by atoms with van der Waals surface area (Å²) in [6.07, 6.45) is 11.7. The van der Waals surface area contributed by atoms with E-state index in [0.29, 0.717) is 17.4 Å². The largest absolute Gasteiger partial charge is 0.338 e. The summed E-state index contributed by atoms with van der Waals surface area (Å²) in [5.41, 5.74) is 0.508. The fraction of sp³-hybridized carbons (Fsp3) is 0.938. The number of carbonyl (C=O) groups excluding carboxylic acids is 1. The fourth-order valence-electron chi connectivity index (χ4n) is 3.95. The number of urea groups is 1. The van der Waals surface area contributed by atoms with Gasteiger partial charge in [0.15, 0.2) is 0 Å². The Balaban J connectivity index is 1.42. The molecule has 0 bridgehead atoms. The summed E-state index contributed by atoms with van der Waals surface area (Å²) in [5.74, 6) is 1.61. The van der Waals surface area contributed by atoms with Crippen LogP contribution in [0.2, 0.25) is 0 Å². The molecule has 2 amide bonds. The Kier molecular flexibility index (Phi) is 3.72. The summed E-state index contributed by atoms with van der Waals surface area (Å²) >= 11 is 0. The van der Waals surface area contributed by atoms with Crippen molar-refractivity contribution in [3.05, 3.63) is 0 Å². The summed E-state index contributed by atoms with van der Waals surface area (Å²) in [7, 11) is 0. The smallest absolute Gasteiger partial charge is 0.315 e. The van der Waals surface area contributed by atoms with E-state index < -0.39 is 0 Å². The topological polar surface area (TPSA) is 41.1 Å². The maximum absolute atomic E-state index is 12.1. The molecule has 0 heterocycles. The van der Waals surface area contributed by atoms with Crippen LogP contribution >= 0.6 is 0 Å². The maximum atomic E-state index is 12.1. The van der Waals surface area contributed by atoms with Crippen molar-refractivity contribution >= 4 is 6.03 Å². The van der Waals surface area contributed by atoms with Crippen LogP contribution in [0, 0.1) is 17.3 Å². The summed E-state index contributed by atoms with van der Waals surface area (Å²) in [5, 5.41) is 6.38. The number of rotatable bonds is 5. The van der Waals surface area contributed by atoms with Crippen LogP contribution in [0.1, 0.15) is 64.7 Å². The van der Waals surface area contributed by atoms with Gasteiger partial charge in [-0.05, 0) is 55.8 Å². The number of nitrogens with one attached hydrogen (secondary N) is 2. The normalized spacial score (nSPS) is 32.7. The first kappa shape index (κ1) is 13.3. The van der Waals surface area contributed by atoms with E-state index in [1.807, 2.05) is 0 Å². The fourth-order valence-corrected chi connectivity index (χ4v) is 3.95. The highest BCUT2D eigenvalue weighted by molar-refractivity contribution is 5.74. The first-order valence-corrected chi connectivity index (χ1v) is 8.28. The zero-order valence-corrected chi connectivity index (χ0v) is 12.2. The van der Waals surface area contributed by atoms with E-state index in [-0.39, 0.29) is 6.03 Å². The number of carbonyl (C=O) groups is 1. The number of amides is 2. The van der Waals surface area contributed by atoms with E-state index in [1.54, 1.807) is 0 Å². The van der Waals surface area contributed by atoms with Crippen LogP contribution in [0.4, 0.5) is 4.79 Å². The predicted molar refractivity (Wildman–Crippen MR) is 77.0 cm³/mol. The molecule has 0 aromatic heterocycles. The summed E-state index contributed by atoms with van der Waals surface area (Å²) in [4.78, 5) is 12.1. The van der Waals surface area contributed by atoms with Crippen LogP contribution in [0.15, 0.2) is 0 Å². The van der Waals surface area contributed by atoms with Crippen LogP contribution in [-0.4, -0.2) is 18.6 Å². The highest BCUT2D eigenvalue weighted by Crippen LogP contribution is 2.60. The van der Waals surface area contributed by atoms with E-state index in [2.05, 4.69) is 17.6 Å². The zero-order valence-electron chi connectivity index (χ0n) is 12.2. The Bertz CT molecular complexity index is 334. The molecule has 2 N–H and O–H groups in total. The minimum absolute atomic E-state index is 0.0808. The first-order valence-electron chi connectivity index (χ1n) is 8.28. The Labute approximate surface area is 116 Å². The molecule has 3 saturated carbocycles. The molecule has 3 heteroatoms. The third kappa shape index (κ3) is 3.06. The third-order valence-electron chi connectivity index (χ3n) is 5.69. The summed E-state index contributed by atoms with van der Waals surface area (Å²) < 4.78 is 0. The molecule has 0 radical (unpaired) electrons. The van der Waals surface area contributed by atoms with Crippen LogP contribution in [0.25, 0.3) is 0 Å². The van der Waals surface area contributed by atoms with Gasteiger partial charge in [0.1, 0.15) is 0 Å². The molecule has 0 spiro atoms. The molecule has 0 aromatic rings. The van der Waals surface area contributed by atoms with Gasteiger partial charge < -0.3 is 10.6 Å². The van der Waals surface area contributed by atoms with Gasteiger partial charge in [-0.15, -0.1) is 0 Å². The molecule has 0 aliphatic heterocycles. The Morgan fingerprint density at radius 3 is 2.53 bits per heavy atom. The van der Waals surface area contributed by atoms with E-state index in [9.17, 15) is 4.79 Å². The van der Waals surface area contributed by atoms with E-state index in [4.69, 9.17) is 0 Å². The lowest BCUT2D eigenvalue weighted by molar-refractivity contribution is 0.213. The van der Waals surface area contributed by atoms with Crippen molar-refractivity contribution in [2.45, 2.75) is 70.8 Å². The van der Waals surface area contributed by atoms with Gasteiger partial charge in [0.25, 0.3) is 0 Å². The molecule has 2 atom stereocenters.